The van der Waals surface area contributed by atoms with Crippen LogP contribution in [0, 0.1) is 5.92 Å². The molecule has 0 saturated heterocycles. The summed E-state index contributed by atoms with van der Waals surface area (Å²) in [6, 6.07) is -10.4. The minimum absolute atomic E-state index is 0.0184. The molecule has 5 aliphatic rings. The van der Waals surface area contributed by atoms with Crippen molar-refractivity contribution < 1.29 is 92.5 Å². The molecule has 5 aromatic heterocycles. The summed E-state index contributed by atoms with van der Waals surface area (Å²) >= 11 is 4.40. The molecule has 114 heavy (non-hydrogen) atoms. The highest BCUT2D eigenvalue weighted by atomic mass is 32.2. The van der Waals surface area contributed by atoms with Crippen LogP contribution in [0.4, 0.5) is 0 Å². The van der Waals surface area contributed by atoms with Gasteiger partial charge in [0.1, 0.15) is 113 Å². The number of methoxy groups -OCH3 is 1. The second-order valence-corrected chi connectivity index (χ2v) is 32.0. The summed E-state index contributed by atoms with van der Waals surface area (Å²) in [4.78, 5) is 203. The van der Waals surface area contributed by atoms with Crippen LogP contribution in [0.5, 0.6) is 0 Å². The van der Waals surface area contributed by atoms with E-state index in [1.54, 1.807) is 20.8 Å². The van der Waals surface area contributed by atoms with Gasteiger partial charge in [0.2, 0.25) is 23.6 Å². The molecule has 604 valence electrons. The summed E-state index contributed by atoms with van der Waals surface area (Å²) in [6.45, 7) is 27.0. The van der Waals surface area contributed by atoms with E-state index in [0.717, 1.165) is 64.2 Å². The van der Waals surface area contributed by atoms with Gasteiger partial charge in [-0.05, 0) is 78.9 Å². The fourth-order valence-corrected chi connectivity index (χ4v) is 17.0. The first-order valence-electron chi connectivity index (χ1n) is 35.1. The van der Waals surface area contributed by atoms with E-state index in [4.69, 9.17) is 19.7 Å². The number of ether oxygens (including phenoxy) is 2. The van der Waals surface area contributed by atoms with Gasteiger partial charge in [-0.3, -0.25) is 63.2 Å². The number of carbonyl (C=O) groups excluding carboxylic acids is 12. The maximum atomic E-state index is 15.4. The van der Waals surface area contributed by atoms with E-state index in [2.05, 4.69) is 109 Å². The molecule has 15 atom stereocenters. The molecule has 37 nitrogen and oxygen atoms in total. The summed E-state index contributed by atoms with van der Waals surface area (Å²) in [5.41, 5.74) is -7.73. The molecule has 1 aliphatic carbocycles. The third kappa shape index (κ3) is 18.5. The summed E-state index contributed by atoms with van der Waals surface area (Å²) in [5, 5.41) is 91.6. The maximum absolute atomic E-state index is 15.4. The minimum Gasteiger partial charge on any atom is -0.464 e. The molecule has 10 rings (SSSR count). The lowest BCUT2D eigenvalue weighted by Crippen LogP contribution is -2.57. The van der Waals surface area contributed by atoms with Crippen LogP contribution in [0.15, 0.2) is 105 Å². The predicted molar refractivity (Wildman–Crippen MR) is 416 cm³/mol. The second kappa shape index (κ2) is 35.3. The first-order valence-corrected chi connectivity index (χ1v) is 39.6. The van der Waals surface area contributed by atoms with Crippen molar-refractivity contribution in [1.82, 2.24) is 83.4 Å². The summed E-state index contributed by atoms with van der Waals surface area (Å²) in [7, 11) is 1.06. The van der Waals surface area contributed by atoms with Crippen molar-refractivity contribution in [2.45, 2.75) is 165 Å². The molecule has 0 spiro atoms. The first-order chi connectivity index (χ1) is 53.7. The zero-order valence-electron chi connectivity index (χ0n) is 62.8. The molecule has 5 aromatic rings. The molecular formula is C72H82N18O19S5. The molecule has 4 aliphatic heterocycles. The molecule has 0 fully saturated rings. The van der Waals surface area contributed by atoms with Crippen molar-refractivity contribution in [3.05, 3.63) is 160 Å². The number of hydrogen-bond donors (Lipinski definition) is 16. The van der Waals surface area contributed by atoms with Gasteiger partial charge in [-0.15, -0.1) is 57.1 Å². The average molecular weight is 1660 g/mol. The van der Waals surface area contributed by atoms with E-state index >= 15 is 14.4 Å². The number of rotatable bonds is 11. The van der Waals surface area contributed by atoms with Gasteiger partial charge in [0.15, 0.2) is 0 Å². The minimum atomic E-state index is -2.21. The number of esters is 2. The van der Waals surface area contributed by atoms with Gasteiger partial charge in [0.25, 0.3) is 35.4 Å². The Morgan fingerprint density at radius 2 is 1.42 bits per heavy atom. The average Bonchev–Trinajstić information content (AvgIpc) is 1.49. The van der Waals surface area contributed by atoms with Crippen LogP contribution in [0.25, 0.3) is 6.08 Å². The molecule has 0 aromatic carbocycles. The summed E-state index contributed by atoms with van der Waals surface area (Å²) < 4.78 is 10.8. The van der Waals surface area contributed by atoms with Crippen LogP contribution in [-0.2, 0) is 53.4 Å². The van der Waals surface area contributed by atoms with Gasteiger partial charge in [0, 0.05) is 32.8 Å². The van der Waals surface area contributed by atoms with Crippen LogP contribution in [0.1, 0.15) is 190 Å². The number of carbonyl (C=O) groups is 12. The van der Waals surface area contributed by atoms with Crippen molar-refractivity contribution in [3.8, 4) is 0 Å². The number of hydrogen-bond acceptors (Lipinski definition) is 32. The van der Waals surface area contributed by atoms with E-state index in [1.807, 2.05) is 0 Å². The topological polar surface area (TPSA) is 546 Å². The number of fused-ring (bicyclic) bond motifs is 7. The lowest BCUT2D eigenvalue weighted by molar-refractivity contribution is -0.137. The molecular weight excluding hydrogens is 1580 g/mol. The third-order valence-electron chi connectivity index (χ3n) is 18.8. The number of pyridine rings is 1. The number of aliphatic hydroxyl groups is 5. The van der Waals surface area contributed by atoms with Crippen molar-refractivity contribution >= 4 is 145 Å². The summed E-state index contributed by atoms with van der Waals surface area (Å²) in [6.07, 6.45) is -3.71. The van der Waals surface area contributed by atoms with Crippen molar-refractivity contribution in [3.63, 3.8) is 0 Å². The van der Waals surface area contributed by atoms with Crippen LogP contribution in [0.2, 0.25) is 0 Å². The number of cyclic esters (lactones) is 1. The van der Waals surface area contributed by atoms with Crippen LogP contribution < -0.4 is 58.5 Å². The van der Waals surface area contributed by atoms with E-state index < -0.39 is 201 Å². The number of nitrogens with zero attached hydrogens (tertiary/aromatic N) is 7. The number of aromatic nitrogens is 5. The Hall–Kier alpha value is -10.8. The molecule has 0 saturated carbocycles. The van der Waals surface area contributed by atoms with Crippen LogP contribution in [-0.4, -0.2) is 199 Å². The quantitative estimate of drug-likeness (QED) is 0.0652. The van der Waals surface area contributed by atoms with Crippen molar-refractivity contribution in [2.75, 3.05) is 12.9 Å². The largest absolute Gasteiger partial charge is 0.464 e. The maximum Gasteiger partial charge on any atom is 0.357 e. The smallest absolute Gasteiger partial charge is 0.357 e. The van der Waals surface area contributed by atoms with Gasteiger partial charge in [-0.1, -0.05) is 58.4 Å². The third-order valence-corrected chi connectivity index (χ3v) is 23.7. The van der Waals surface area contributed by atoms with Gasteiger partial charge < -0.3 is 88.2 Å². The Bertz CT molecular complexity index is 4940. The SMILES string of the molecule is C=C1NC(=O)[C@@H](C(C)C)N[C@@H]2C=Cc3c([C@H](C)O)cc(nc3[C@H]2O)C(=O)O[C@H](C)[C@@H]2NC(=O)c3csc(n3)[C@H]([C@](C)(O)[C@H](C)O)NC(=O)[C@@H]3CSC(=N3)/C(=C/C)NC(=O)[C@@H]([C@H](C)O)NC(=O)c3csc(n3)[C@]3(CCC(c4nc(C(=O)NC(=C)C(=O)NC(=C)C(=O)OC)cs4)=N[C@@H]3c3csc2n3)NC(=O)[C@@H](C)NC(=O)C(=C)NC1=O. The Balaban J connectivity index is 1.17. The monoisotopic (exact) mass is 1660 g/mol. The summed E-state index contributed by atoms with van der Waals surface area (Å²) in [5.74, 6) is -12.6. The number of thioether (sulfide) groups is 1. The molecule has 9 heterocycles. The highest BCUT2D eigenvalue weighted by Crippen LogP contribution is 2.48. The zero-order valence-corrected chi connectivity index (χ0v) is 66.9. The van der Waals surface area contributed by atoms with E-state index in [9.17, 15) is 68.7 Å². The highest BCUT2D eigenvalue weighted by Gasteiger charge is 2.51. The Kier molecular flexibility index (Phi) is 26.5. The van der Waals surface area contributed by atoms with Crippen LogP contribution >= 0.6 is 57.1 Å². The number of nitrogens with one attached hydrogen (secondary N) is 11. The number of aliphatic imine (C=N–C) groups is 2. The van der Waals surface area contributed by atoms with Gasteiger partial charge in [-0.25, -0.2) is 34.5 Å². The lowest BCUT2D eigenvalue weighted by Gasteiger charge is -2.41. The fraction of sp³-hybridized carbons (Fsp3) is 0.403. The molecule has 42 heteroatoms. The van der Waals surface area contributed by atoms with Gasteiger partial charge in [-0.2, -0.15) is 0 Å². The predicted octanol–water partition coefficient (Wildman–Crippen LogP) is 1.20. The molecule has 13 bridgehead atoms. The molecule has 10 amide bonds. The number of aliphatic hydroxyl groups excluding tert-OH is 4. The van der Waals surface area contributed by atoms with Crippen LogP contribution in [0.3, 0.4) is 0 Å². The molecule has 0 radical (unpaired) electrons. The Morgan fingerprint density at radius 1 is 0.746 bits per heavy atom. The second-order valence-electron chi connectivity index (χ2n) is 27.5. The number of thiazole rings is 4. The Morgan fingerprint density at radius 3 is 2.10 bits per heavy atom. The number of amides is 10. The zero-order chi connectivity index (χ0) is 83.4. The first kappa shape index (κ1) is 85.6. The van der Waals surface area contributed by atoms with Gasteiger partial charge >= 0.3 is 11.9 Å². The van der Waals surface area contributed by atoms with E-state index in [0.29, 0.717) is 0 Å². The van der Waals surface area contributed by atoms with E-state index in [-0.39, 0.29) is 89.0 Å². The lowest BCUT2D eigenvalue weighted by atomic mass is 9.80. The van der Waals surface area contributed by atoms with E-state index in [1.165, 1.54) is 87.4 Å². The highest BCUT2D eigenvalue weighted by molar-refractivity contribution is 8.14. The molecule has 0 unspecified atom stereocenters. The van der Waals surface area contributed by atoms with Gasteiger partial charge in [0.05, 0.1) is 77.4 Å². The van der Waals surface area contributed by atoms with Crippen molar-refractivity contribution in [2.24, 2.45) is 15.9 Å². The normalized spacial score (nSPS) is 26.0. The Labute approximate surface area is 670 Å². The number of allylic oxidation sites excluding steroid dienone is 1. The molecule has 16 N–H and O–H groups in total. The van der Waals surface area contributed by atoms with Crippen molar-refractivity contribution in [1.29, 1.82) is 0 Å². The fourth-order valence-electron chi connectivity index (χ4n) is 12.2. The standard InChI is InChI=1S/C72H82N18O19S5/c1-15-38-64-83-45(23-110-64)61(102)89-53(71(13,107)35(12)93)67-85-44(24-113-67)59(100)88-49-34(11)109-69(106)41-20-37(32(9)91)36-16-17-39(51(94)50(36)79-41)78-47(26(2)3)62(103)76-29(6)55(96)73-27(4)54(95)74-30(7)57(98)90-72(70-86-46(25-114-70)60(101)87-48(33(10)92)63(104)81-38)19-18-40(80-52(72)42-21-112-66(49)82-42)65-84-43(22-111-65)58(99)75-28(5)56(97)77-31(8)68(105)108-14/h15-17,20-22,24-26,30,32-35,39,45,47-49,51-53,78,91-94,107H,4-6,8,18-19,23H2,1-3,7,9-14H3,(H,73,96)(H,74,95)(H,75,99)(H,76,103)(H,77,97)(H,81,104)(H,87,101)(H,88,100)(H,89,102)(H,90,98)/b38-15-/t30-,32+,33+,34-,35+,39-,45+,47-,48-,49+,51+,52-,53-,71-,72-/m1/s1.